The van der Waals surface area contributed by atoms with Crippen molar-refractivity contribution in [2.45, 2.75) is 12.6 Å². The number of carbonyl (C=O) groups is 1. The van der Waals surface area contributed by atoms with E-state index in [2.05, 4.69) is 20.0 Å². The lowest BCUT2D eigenvalue weighted by molar-refractivity contribution is -0.156. The van der Waals surface area contributed by atoms with Crippen LogP contribution in [-0.4, -0.2) is 24.0 Å². The van der Waals surface area contributed by atoms with Gasteiger partial charge in [0.1, 0.15) is 5.52 Å². The molecule has 8 heteroatoms. The van der Waals surface area contributed by atoms with Gasteiger partial charge < -0.3 is 15.1 Å². The summed E-state index contributed by atoms with van der Waals surface area (Å²) in [6.07, 6.45) is -3.88. The number of alkyl halides is 3. The van der Waals surface area contributed by atoms with Gasteiger partial charge in [-0.3, -0.25) is 4.79 Å². The molecule has 1 atom stereocenters. The van der Waals surface area contributed by atoms with Gasteiger partial charge in [-0.15, -0.1) is 0 Å². The second-order valence-corrected chi connectivity index (χ2v) is 4.88. The molecule has 1 unspecified atom stereocenters. The van der Waals surface area contributed by atoms with E-state index in [0.717, 1.165) is 13.0 Å². The Morgan fingerprint density at radius 1 is 1.43 bits per heavy atom. The maximum Gasteiger partial charge on any atom is 0.468 e. The van der Waals surface area contributed by atoms with E-state index in [1.165, 1.54) is 18.2 Å². The van der Waals surface area contributed by atoms with Crippen molar-refractivity contribution in [1.82, 2.24) is 10.3 Å². The van der Waals surface area contributed by atoms with Crippen LogP contribution in [0.2, 0.25) is 0 Å². The predicted octanol–water partition coefficient (Wildman–Crippen LogP) is 2.39. The molecule has 1 amide bonds. The molecule has 1 aliphatic heterocycles. The van der Waals surface area contributed by atoms with Crippen molar-refractivity contribution in [3.63, 3.8) is 0 Å². The molecule has 3 rings (SSSR count). The molecule has 0 bridgehead atoms. The topological polar surface area (TPSA) is 67.2 Å². The van der Waals surface area contributed by atoms with Gasteiger partial charge in [0.25, 0.3) is 0 Å². The summed E-state index contributed by atoms with van der Waals surface area (Å²) in [6, 6.07) is 4.22. The van der Waals surface area contributed by atoms with Crippen molar-refractivity contribution in [2.24, 2.45) is 5.92 Å². The third-order valence-electron chi connectivity index (χ3n) is 3.33. The van der Waals surface area contributed by atoms with Crippen molar-refractivity contribution in [1.29, 1.82) is 0 Å². The molecule has 0 saturated carbocycles. The fourth-order valence-corrected chi connectivity index (χ4v) is 2.25. The predicted molar refractivity (Wildman–Crippen MR) is 68.6 cm³/mol. The Morgan fingerprint density at radius 2 is 2.24 bits per heavy atom. The molecule has 1 aliphatic rings. The third kappa shape index (κ3) is 2.85. The van der Waals surface area contributed by atoms with Gasteiger partial charge in [-0.05, 0) is 31.2 Å². The Hall–Kier alpha value is -2.09. The monoisotopic (exact) mass is 299 g/mol. The van der Waals surface area contributed by atoms with E-state index in [1.54, 1.807) is 0 Å². The van der Waals surface area contributed by atoms with Crippen LogP contribution in [0.25, 0.3) is 11.1 Å². The summed E-state index contributed by atoms with van der Waals surface area (Å²) in [7, 11) is 0. The number of rotatable bonds is 2. The first-order chi connectivity index (χ1) is 9.93. The quantitative estimate of drug-likeness (QED) is 0.893. The minimum atomic E-state index is -4.63. The van der Waals surface area contributed by atoms with Crippen LogP contribution in [0.5, 0.6) is 0 Å². The van der Waals surface area contributed by atoms with Crippen LogP contribution >= 0.6 is 0 Å². The summed E-state index contributed by atoms with van der Waals surface area (Å²) in [5.74, 6) is -1.57. The maximum atomic E-state index is 12.5. The van der Waals surface area contributed by atoms with Gasteiger partial charge in [0, 0.05) is 12.2 Å². The molecule has 0 spiro atoms. The molecule has 112 valence electrons. The van der Waals surface area contributed by atoms with E-state index < -0.39 is 12.1 Å². The zero-order valence-electron chi connectivity index (χ0n) is 10.8. The highest BCUT2D eigenvalue weighted by molar-refractivity contribution is 5.94. The van der Waals surface area contributed by atoms with E-state index in [0.29, 0.717) is 12.2 Å². The third-order valence-corrected chi connectivity index (χ3v) is 3.33. The second-order valence-electron chi connectivity index (χ2n) is 4.88. The molecule has 21 heavy (non-hydrogen) atoms. The van der Waals surface area contributed by atoms with Gasteiger partial charge in [0.05, 0.1) is 5.92 Å². The molecule has 1 saturated heterocycles. The van der Waals surface area contributed by atoms with E-state index in [4.69, 9.17) is 0 Å². The number of aromatic nitrogens is 1. The smallest absolute Gasteiger partial charge is 0.433 e. The van der Waals surface area contributed by atoms with Gasteiger partial charge in [-0.2, -0.15) is 13.2 Å². The first-order valence-electron chi connectivity index (χ1n) is 6.43. The molecule has 1 aromatic carbocycles. The lowest BCUT2D eigenvalue weighted by Gasteiger charge is -2.09. The molecular weight excluding hydrogens is 287 g/mol. The Morgan fingerprint density at radius 3 is 2.90 bits per heavy atom. The minimum Gasteiger partial charge on any atom is -0.433 e. The average Bonchev–Trinajstić information content (AvgIpc) is 3.06. The molecule has 2 aromatic rings. The second kappa shape index (κ2) is 5.03. The van der Waals surface area contributed by atoms with E-state index in [-0.39, 0.29) is 22.9 Å². The number of oxazole rings is 1. The standard InChI is InChI=1S/C13H12F3N3O2/c14-13(15,16)12-19-9-5-8(1-2-10(9)21-12)18-11(20)7-3-4-17-6-7/h1-2,5,7,17H,3-4,6H2,(H,18,20). The Balaban J connectivity index is 1.82. The summed E-state index contributed by atoms with van der Waals surface area (Å²) in [6.45, 7) is 1.39. The number of benzene rings is 1. The number of nitrogens with zero attached hydrogens (tertiary/aromatic N) is 1. The average molecular weight is 299 g/mol. The zero-order chi connectivity index (χ0) is 15.0. The minimum absolute atomic E-state index is 0.0304. The van der Waals surface area contributed by atoms with Crippen LogP contribution in [0, 0.1) is 5.92 Å². The van der Waals surface area contributed by atoms with Gasteiger partial charge >= 0.3 is 12.1 Å². The van der Waals surface area contributed by atoms with Gasteiger partial charge in [0.15, 0.2) is 5.58 Å². The van der Waals surface area contributed by atoms with E-state index in [1.807, 2.05) is 0 Å². The first kappa shape index (κ1) is 13.9. The summed E-state index contributed by atoms with van der Waals surface area (Å²) < 4.78 is 42.2. The fraction of sp³-hybridized carbons (Fsp3) is 0.385. The Kier molecular flexibility index (Phi) is 3.32. The first-order valence-corrected chi connectivity index (χ1v) is 6.43. The SMILES string of the molecule is O=C(Nc1ccc2oc(C(F)(F)F)nc2c1)C1CCNC1. The summed E-state index contributed by atoms with van der Waals surface area (Å²) >= 11 is 0. The van der Waals surface area contributed by atoms with Crippen molar-refractivity contribution in [2.75, 3.05) is 18.4 Å². The van der Waals surface area contributed by atoms with Gasteiger partial charge in [-0.25, -0.2) is 4.98 Å². The van der Waals surface area contributed by atoms with Crippen LogP contribution < -0.4 is 10.6 Å². The molecule has 1 aromatic heterocycles. The van der Waals surface area contributed by atoms with Gasteiger partial charge in [0.2, 0.25) is 5.91 Å². The summed E-state index contributed by atoms with van der Waals surface area (Å²) in [5, 5.41) is 5.76. The Bertz CT molecular complexity index is 675. The van der Waals surface area contributed by atoms with E-state index in [9.17, 15) is 18.0 Å². The largest absolute Gasteiger partial charge is 0.468 e. The van der Waals surface area contributed by atoms with E-state index >= 15 is 0 Å². The molecule has 0 radical (unpaired) electrons. The number of anilines is 1. The molecular formula is C13H12F3N3O2. The van der Waals surface area contributed by atoms with Crippen LogP contribution in [0.3, 0.4) is 0 Å². The molecule has 0 aliphatic carbocycles. The highest BCUT2D eigenvalue weighted by atomic mass is 19.4. The summed E-state index contributed by atoms with van der Waals surface area (Å²) in [4.78, 5) is 15.3. The van der Waals surface area contributed by atoms with Crippen LogP contribution in [-0.2, 0) is 11.0 Å². The molecule has 1 fully saturated rings. The fourth-order valence-electron chi connectivity index (χ4n) is 2.25. The number of amides is 1. The molecule has 2 N–H and O–H groups in total. The number of hydrogen-bond acceptors (Lipinski definition) is 4. The Labute approximate surface area is 117 Å². The van der Waals surface area contributed by atoms with Crippen LogP contribution in [0.15, 0.2) is 22.6 Å². The van der Waals surface area contributed by atoms with Crippen molar-refractivity contribution >= 4 is 22.7 Å². The molecule has 2 heterocycles. The number of nitrogens with one attached hydrogen (secondary N) is 2. The lowest BCUT2D eigenvalue weighted by Crippen LogP contribution is -2.24. The van der Waals surface area contributed by atoms with Crippen molar-refractivity contribution in [3.05, 3.63) is 24.1 Å². The normalized spacial score (nSPS) is 19.1. The number of hydrogen-bond donors (Lipinski definition) is 2. The number of halogens is 3. The zero-order valence-corrected chi connectivity index (χ0v) is 10.8. The van der Waals surface area contributed by atoms with Crippen molar-refractivity contribution < 1.29 is 22.4 Å². The number of carbonyl (C=O) groups excluding carboxylic acids is 1. The summed E-state index contributed by atoms with van der Waals surface area (Å²) in [5.41, 5.74) is 0.494. The van der Waals surface area contributed by atoms with Crippen LogP contribution in [0.4, 0.5) is 18.9 Å². The maximum absolute atomic E-state index is 12.5. The van der Waals surface area contributed by atoms with Crippen LogP contribution in [0.1, 0.15) is 12.3 Å². The highest BCUT2D eigenvalue weighted by Crippen LogP contribution is 2.31. The lowest BCUT2D eigenvalue weighted by atomic mass is 10.1. The van der Waals surface area contributed by atoms with Gasteiger partial charge in [-0.1, -0.05) is 0 Å². The molecule has 5 nitrogen and oxygen atoms in total. The number of fused-ring (bicyclic) bond motifs is 1. The highest BCUT2D eigenvalue weighted by Gasteiger charge is 2.37. The van der Waals surface area contributed by atoms with Crippen molar-refractivity contribution in [3.8, 4) is 0 Å².